The van der Waals surface area contributed by atoms with Gasteiger partial charge in [0.25, 0.3) is 0 Å². The zero-order chi connectivity index (χ0) is 9.61. The van der Waals surface area contributed by atoms with Crippen molar-refractivity contribution >= 4 is 0 Å². The lowest BCUT2D eigenvalue weighted by Crippen LogP contribution is -2.25. The minimum absolute atomic E-state index is 0.186. The largest absolute Gasteiger partial charge is 0.396 e. The molecule has 0 fully saturated rings. The van der Waals surface area contributed by atoms with Gasteiger partial charge in [-0.2, -0.15) is 0 Å². The Labute approximate surface area is 75.9 Å². The van der Waals surface area contributed by atoms with Crippen molar-refractivity contribution in [2.45, 2.75) is 34.1 Å². The highest BCUT2D eigenvalue weighted by molar-refractivity contribution is 4.72. The fraction of sp³-hybridized carbons (Fsp3) is 1.00. The van der Waals surface area contributed by atoms with Crippen molar-refractivity contribution in [3.63, 3.8) is 0 Å². The van der Waals surface area contributed by atoms with Crippen molar-refractivity contribution in [1.82, 2.24) is 0 Å². The SMILES string of the molecule is CCOCCC(CO)C(C)(C)C. The van der Waals surface area contributed by atoms with Crippen molar-refractivity contribution in [2.24, 2.45) is 11.3 Å². The molecule has 0 aliphatic carbocycles. The standard InChI is InChI=1S/C10H22O2/c1-5-12-7-6-9(8-11)10(2,3)4/h9,11H,5-8H2,1-4H3. The van der Waals surface area contributed by atoms with Gasteiger partial charge in [-0.15, -0.1) is 0 Å². The van der Waals surface area contributed by atoms with Gasteiger partial charge in [0.2, 0.25) is 0 Å². The zero-order valence-electron chi connectivity index (χ0n) is 8.76. The Morgan fingerprint density at radius 2 is 1.92 bits per heavy atom. The second-order valence-corrected chi connectivity index (χ2v) is 4.23. The fourth-order valence-electron chi connectivity index (χ4n) is 1.17. The Hall–Kier alpha value is -0.0800. The Kier molecular flexibility index (Phi) is 5.51. The summed E-state index contributed by atoms with van der Waals surface area (Å²) in [7, 11) is 0. The van der Waals surface area contributed by atoms with Gasteiger partial charge in [-0.3, -0.25) is 0 Å². The molecule has 0 saturated heterocycles. The molecule has 0 bridgehead atoms. The summed E-state index contributed by atoms with van der Waals surface area (Å²) in [5, 5.41) is 9.11. The van der Waals surface area contributed by atoms with Crippen LogP contribution in [0.3, 0.4) is 0 Å². The topological polar surface area (TPSA) is 29.5 Å². The van der Waals surface area contributed by atoms with E-state index in [-0.39, 0.29) is 12.0 Å². The second kappa shape index (κ2) is 5.55. The molecule has 0 aromatic heterocycles. The molecule has 2 nitrogen and oxygen atoms in total. The molecule has 1 atom stereocenters. The van der Waals surface area contributed by atoms with Gasteiger partial charge in [-0.1, -0.05) is 20.8 Å². The van der Waals surface area contributed by atoms with Crippen LogP contribution in [-0.4, -0.2) is 24.9 Å². The van der Waals surface area contributed by atoms with Crippen LogP contribution in [-0.2, 0) is 4.74 Å². The average molecular weight is 174 g/mol. The van der Waals surface area contributed by atoms with Gasteiger partial charge < -0.3 is 9.84 Å². The maximum absolute atomic E-state index is 9.11. The van der Waals surface area contributed by atoms with Crippen molar-refractivity contribution in [3.05, 3.63) is 0 Å². The Morgan fingerprint density at radius 3 is 2.25 bits per heavy atom. The molecule has 0 heterocycles. The summed E-state index contributed by atoms with van der Waals surface area (Å²) in [6.07, 6.45) is 0.952. The van der Waals surface area contributed by atoms with Crippen LogP contribution in [0.2, 0.25) is 0 Å². The molecule has 0 aliphatic heterocycles. The molecule has 1 unspecified atom stereocenters. The minimum Gasteiger partial charge on any atom is -0.396 e. The van der Waals surface area contributed by atoms with E-state index in [1.165, 1.54) is 0 Å². The normalized spacial score (nSPS) is 14.8. The molecule has 0 aromatic rings. The van der Waals surface area contributed by atoms with Crippen LogP contribution in [0.1, 0.15) is 34.1 Å². The Morgan fingerprint density at radius 1 is 1.33 bits per heavy atom. The molecule has 0 spiro atoms. The van der Waals surface area contributed by atoms with Gasteiger partial charge in [0.15, 0.2) is 0 Å². The molecule has 12 heavy (non-hydrogen) atoms. The van der Waals surface area contributed by atoms with E-state index >= 15 is 0 Å². The third-order valence-electron chi connectivity index (χ3n) is 2.26. The van der Waals surface area contributed by atoms with Gasteiger partial charge in [0, 0.05) is 19.8 Å². The van der Waals surface area contributed by atoms with E-state index < -0.39 is 0 Å². The molecular formula is C10H22O2. The molecule has 0 amide bonds. The van der Waals surface area contributed by atoms with Crippen LogP contribution >= 0.6 is 0 Å². The van der Waals surface area contributed by atoms with E-state index in [1.807, 2.05) is 6.92 Å². The summed E-state index contributed by atoms with van der Waals surface area (Å²) in [4.78, 5) is 0. The van der Waals surface area contributed by atoms with Gasteiger partial charge in [-0.25, -0.2) is 0 Å². The highest BCUT2D eigenvalue weighted by Gasteiger charge is 2.23. The predicted molar refractivity (Wildman–Crippen MR) is 51.1 cm³/mol. The van der Waals surface area contributed by atoms with Crippen LogP contribution in [0.25, 0.3) is 0 Å². The van der Waals surface area contributed by atoms with Crippen molar-refractivity contribution < 1.29 is 9.84 Å². The smallest absolute Gasteiger partial charge is 0.0469 e. The summed E-state index contributed by atoms with van der Waals surface area (Å²) in [6.45, 7) is 10.2. The molecular weight excluding hydrogens is 152 g/mol. The van der Waals surface area contributed by atoms with E-state index in [2.05, 4.69) is 20.8 Å². The molecule has 0 radical (unpaired) electrons. The second-order valence-electron chi connectivity index (χ2n) is 4.23. The molecule has 0 aliphatic rings. The average Bonchev–Trinajstić information content (AvgIpc) is 1.95. The van der Waals surface area contributed by atoms with Crippen LogP contribution in [0.4, 0.5) is 0 Å². The summed E-state index contributed by atoms with van der Waals surface area (Å²) in [5.41, 5.74) is 0.186. The number of ether oxygens (including phenoxy) is 1. The van der Waals surface area contributed by atoms with Gasteiger partial charge >= 0.3 is 0 Å². The number of hydrogen-bond acceptors (Lipinski definition) is 2. The third-order valence-corrected chi connectivity index (χ3v) is 2.26. The highest BCUT2D eigenvalue weighted by atomic mass is 16.5. The van der Waals surface area contributed by atoms with Crippen LogP contribution in [0.5, 0.6) is 0 Å². The molecule has 1 N–H and O–H groups in total. The summed E-state index contributed by atoms with van der Waals surface area (Å²) in [6, 6.07) is 0. The third kappa shape index (κ3) is 4.73. The van der Waals surface area contributed by atoms with Crippen molar-refractivity contribution in [3.8, 4) is 0 Å². The minimum atomic E-state index is 0.186. The number of aliphatic hydroxyl groups excluding tert-OH is 1. The van der Waals surface area contributed by atoms with Crippen LogP contribution in [0, 0.1) is 11.3 Å². The molecule has 2 heteroatoms. The predicted octanol–water partition coefficient (Wildman–Crippen LogP) is 2.07. The fourth-order valence-corrected chi connectivity index (χ4v) is 1.17. The monoisotopic (exact) mass is 174 g/mol. The van der Waals surface area contributed by atoms with Crippen LogP contribution < -0.4 is 0 Å². The quantitative estimate of drug-likeness (QED) is 0.646. The molecule has 74 valence electrons. The van der Waals surface area contributed by atoms with Crippen molar-refractivity contribution in [1.29, 1.82) is 0 Å². The van der Waals surface area contributed by atoms with Crippen molar-refractivity contribution in [2.75, 3.05) is 19.8 Å². The maximum atomic E-state index is 9.11. The zero-order valence-corrected chi connectivity index (χ0v) is 8.76. The number of hydrogen-bond donors (Lipinski definition) is 1. The summed E-state index contributed by atoms with van der Waals surface area (Å²) in [5.74, 6) is 0.351. The summed E-state index contributed by atoms with van der Waals surface area (Å²) >= 11 is 0. The summed E-state index contributed by atoms with van der Waals surface area (Å²) < 4.78 is 5.25. The first-order chi connectivity index (χ1) is 5.52. The molecule has 0 rings (SSSR count). The maximum Gasteiger partial charge on any atom is 0.0469 e. The van der Waals surface area contributed by atoms with E-state index in [0.717, 1.165) is 19.6 Å². The van der Waals surface area contributed by atoms with E-state index in [1.54, 1.807) is 0 Å². The van der Waals surface area contributed by atoms with E-state index in [4.69, 9.17) is 9.84 Å². The first-order valence-electron chi connectivity index (χ1n) is 4.71. The van der Waals surface area contributed by atoms with Gasteiger partial charge in [0.1, 0.15) is 0 Å². The van der Waals surface area contributed by atoms with Crippen LogP contribution in [0.15, 0.2) is 0 Å². The Balaban J connectivity index is 3.68. The van der Waals surface area contributed by atoms with Gasteiger partial charge in [0.05, 0.1) is 0 Å². The van der Waals surface area contributed by atoms with E-state index in [0.29, 0.717) is 5.92 Å². The lowest BCUT2D eigenvalue weighted by Gasteiger charge is -2.28. The lowest BCUT2D eigenvalue weighted by atomic mass is 9.79. The first-order valence-corrected chi connectivity index (χ1v) is 4.71. The highest BCUT2D eigenvalue weighted by Crippen LogP contribution is 2.27. The number of rotatable bonds is 5. The van der Waals surface area contributed by atoms with Gasteiger partial charge in [-0.05, 0) is 24.7 Å². The molecule has 0 aromatic carbocycles. The Bertz CT molecular complexity index is 105. The lowest BCUT2D eigenvalue weighted by molar-refractivity contribution is 0.0727. The first kappa shape index (κ1) is 11.9. The number of aliphatic hydroxyl groups is 1. The van der Waals surface area contributed by atoms with E-state index in [9.17, 15) is 0 Å². The molecule has 0 saturated carbocycles.